The topological polar surface area (TPSA) is 66.4 Å². The Labute approximate surface area is 76.6 Å². The lowest BCUT2D eigenvalue weighted by molar-refractivity contribution is -0.133. The van der Waals surface area contributed by atoms with Crippen molar-refractivity contribution in [3.05, 3.63) is 11.1 Å². The van der Waals surface area contributed by atoms with Crippen LogP contribution < -0.4 is 5.32 Å². The summed E-state index contributed by atoms with van der Waals surface area (Å²) in [6.45, 7) is 2.35. The predicted molar refractivity (Wildman–Crippen MR) is 47.2 cm³/mol. The van der Waals surface area contributed by atoms with E-state index in [4.69, 9.17) is 5.11 Å². The zero-order valence-corrected chi connectivity index (χ0v) is 7.59. The maximum Gasteiger partial charge on any atom is 0.332 e. The average molecular weight is 183 g/mol. The number of aliphatic carboxylic acids is 1. The van der Waals surface area contributed by atoms with Crippen LogP contribution in [0.15, 0.2) is 11.1 Å². The minimum Gasteiger partial charge on any atom is -0.478 e. The molecule has 1 amide bonds. The summed E-state index contributed by atoms with van der Waals surface area (Å²) in [4.78, 5) is 22.0. The molecule has 0 aliphatic heterocycles. The third-order valence-electron chi connectivity index (χ3n) is 2.09. The van der Waals surface area contributed by atoms with Crippen molar-refractivity contribution in [3.63, 3.8) is 0 Å². The van der Waals surface area contributed by atoms with E-state index < -0.39 is 5.97 Å². The predicted octanol–water partition coefficient (Wildman–Crippen LogP) is 0.688. The summed E-state index contributed by atoms with van der Waals surface area (Å²) in [5.41, 5.74) is 0.736. The van der Waals surface area contributed by atoms with Gasteiger partial charge in [-0.25, -0.2) is 4.79 Å². The first-order chi connectivity index (χ1) is 6.16. The van der Waals surface area contributed by atoms with Crippen molar-refractivity contribution in [2.24, 2.45) is 0 Å². The van der Waals surface area contributed by atoms with E-state index in [9.17, 15) is 9.59 Å². The molecule has 1 aliphatic carbocycles. The number of carbonyl (C=O) groups is 2. The third kappa shape index (κ3) is 2.08. The molecule has 13 heavy (non-hydrogen) atoms. The molecule has 4 heteroatoms. The van der Waals surface area contributed by atoms with Crippen molar-refractivity contribution in [2.75, 3.05) is 6.54 Å². The zero-order valence-electron chi connectivity index (χ0n) is 7.59. The number of nitrogens with one attached hydrogen (secondary N) is 1. The lowest BCUT2D eigenvalue weighted by Crippen LogP contribution is -2.25. The van der Waals surface area contributed by atoms with Crippen LogP contribution in [0.4, 0.5) is 0 Å². The lowest BCUT2D eigenvalue weighted by atomic mass is 10.1. The van der Waals surface area contributed by atoms with Gasteiger partial charge in [0.05, 0.1) is 0 Å². The van der Waals surface area contributed by atoms with Gasteiger partial charge in [0, 0.05) is 17.7 Å². The molecular formula is C9H13NO3. The summed E-state index contributed by atoms with van der Waals surface area (Å²) in [5, 5.41) is 11.4. The van der Waals surface area contributed by atoms with E-state index in [1.54, 1.807) is 0 Å². The van der Waals surface area contributed by atoms with Gasteiger partial charge in [-0.15, -0.1) is 0 Å². The molecule has 0 aromatic rings. The molecule has 0 bridgehead atoms. The second kappa shape index (κ2) is 4.07. The van der Waals surface area contributed by atoms with E-state index in [0.717, 1.165) is 6.42 Å². The minimum absolute atomic E-state index is 0.225. The van der Waals surface area contributed by atoms with Crippen LogP contribution in [0.2, 0.25) is 0 Å². The molecule has 0 saturated heterocycles. The fourth-order valence-corrected chi connectivity index (χ4v) is 1.50. The van der Waals surface area contributed by atoms with Crippen LogP contribution in [-0.2, 0) is 9.59 Å². The summed E-state index contributed by atoms with van der Waals surface area (Å²) < 4.78 is 0. The van der Waals surface area contributed by atoms with Crippen molar-refractivity contribution < 1.29 is 14.7 Å². The van der Waals surface area contributed by atoms with Crippen molar-refractivity contribution in [2.45, 2.75) is 26.2 Å². The zero-order chi connectivity index (χ0) is 9.84. The highest BCUT2D eigenvalue weighted by Crippen LogP contribution is 2.25. The molecule has 0 aromatic carbocycles. The maximum atomic E-state index is 11.3. The van der Waals surface area contributed by atoms with E-state index >= 15 is 0 Å². The summed E-state index contributed by atoms with van der Waals surface area (Å²) in [7, 11) is 0. The number of carboxylic acids is 1. The summed E-state index contributed by atoms with van der Waals surface area (Å²) >= 11 is 0. The van der Waals surface area contributed by atoms with Crippen LogP contribution in [0.5, 0.6) is 0 Å². The minimum atomic E-state index is -0.959. The molecule has 0 unspecified atom stereocenters. The smallest absolute Gasteiger partial charge is 0.332 e. The Morgan fingerprint density at radius 2 is 2.00 bits per heavy atom. The molecular weight excluding hydrogens is 170 g/mol. The van der Waals surface area contributed by atoms with Crippen molar-refractivity contribution in [1.82, 2.24) is 5.32 Å². The first-order valence-electron chi connectivity index (χ1n) is 4.40. The van der Waals surface area contributed by atoms with E-state index in [2.05, 4.69) is 5.32 Å². The van der Waals surface area contributed by atoms with Crippen LogP contribution in [0.3, 0.4) is 0 Å². The molecule has 2 N–H and O–H groups in total. The Hall–Kier alpha value is -1.32. The van der Waals surface area contributed by atoms with E-state index in [-0.39, 0.29) is 11.5 Å². The van der Waals surface area contributed by atoms with Gasteiger partial charge in [0.15, 0.2) is 0 Å². The van der Waals surface area contributed by atoms with Crippen molar-refractivity contribution in [1.29, 1.82) is 0 Å². The quantitative estimate of drug-likeness (QED) is 0.676. The fourth-order valence-electron chi connectivity index (χ4n) is 1.50. The molecule has 0 aromatic heterocycles. The van der Waals surface area contributed by atoms with E-state index in [1.807, 2.05) is 6.92 Å². The van der Waals surface area contributed by atoms with E-state index in [0.29, 0.717) is 25.0 Å². The first-order valence-corrected chi connectivity index (χ1v) is 4.40. The van der Waals surface area contributed by atoms with Gasteiger partial charge >= 0.3 is 5.97 Å². The molecule has 0 saturated carbocycles. The molecule has 0 radical (unpaired) electrons. The van der Waals surface area contributed by atoms with Gasteiger partial charge in [-0.1, -0.05) is 0 Å². The van der Waals surface area contributed by atoms with Crippen LogP contribution in [0.25, 0.3) is 0 Å². The SMILES string of the molecule is CCNC(=O)C1=C(C(=O)O)CCC1. The molecule has 0 spiro atoms. The first kappa shape index (κ1) is 9.77. The van der Waals surface area contributed by atoms with Gasteiger partial charge in [-0.3, -0.25) is 4.79 Å². The highest BCUT2D eigenvalue weighted by Gasteiger charge is 2.24. The Morgan fingerprint density at radius 1 is 1.38 bits per heavy atom. The van der Waals surface area contributed by atoms with Crippen LogP contribution in [0, 0.1) is 0 Å². The standard InChI is InChI=1S/C9H13NO3/c1-2-10-8(11)6-4-3-5-7(6)9(12)13/h2-5H2,1H3,(H,10,11)(H,12,13). The lowest BCUT2D eigenvalue weighted by Gasteiger charge is -2.03. The molecule has 0 atom stereocenters. The summed E-state index contributed by atoms with van der Waals surface area (Å²) in [6, 6.07) is 0. The number of carbonyl (C=O) groups excluding carboxylic acids is 1. The molecule has 0 fully saturated rings. The van der Waals surface area contributed by atoms with E-state index in [1.165, 1.54) is 0 Å². The van der Waals surface area contributed by atoms with Gasteiger partial charge in [0.1, 0.15) is 0 Å². The monoisotopic (exact) mass is 183 g/mol. The molecule has 1 aliphatic rings. The second-order valence-electron chi connectivity index (χ2n) is 2.98. The number of hydrogen-bond acceptors (Lipinski definition) is 2. The Kier molecular flexibility index (Phi) is 3.06. The summed E-state index contributed by atoms with van der Waals surface area (Å²) in [6.07, 6.45) is 1.88. The second-order valence-corrected chi connectivity index (χ2v) is 2.98. The molecule has 4 nitrogen and oxygen atoms in total. The molecule has 1 rings (SSSR count). The highest BCUT2D eigenvalue weighted by molar-refractivity contribution is 6.02. The fraction of sp³-hybridized carbons (Fsp3) is 0.556. The largest absolute Gasteiger partial charge is 0.478 e. The number of carboxylic acid groups (broad SMARTS) is 1. The Bertz CT molecular complexity index is 268. The van der Waals surface area contributed by atoms with Crippen molar-refractivity contribution in [3.8, 4) is 0 Å². The summed E-state index contributed by atoms with van der Waals surface area (Å²) in [5.74, 6) is -1.18. The number of hydrogen-bond donors (Lipinski definition) is 2. The number of rotatable bonds is 3. The van der Waals surface area contributed by atoms with Crippen LogP contribution >= 0.6 is 0 Å². The van der Waals surface area contributed by atoms with Gasteiger partial charge in [0.25, 0.3) is 0 Å². The van der Waals surface area contributed by atoms with Crippen LogP contribution in [-0.4, -0.2) is 23.5 Å². The van der Waals surface area contributed by atoms with Gasteiger partial charge in [-0.05, 0) is 26.2 Å². The maximum absolute atomic E-state index is 11.3. The van der Waals surface area contributed by atoms with Gasteiger partial charge in [-0.2, -0.15) is 0 Å². The highest BCUT2D eigenvalue weighted by atomic mass is 16.4. The van der Waals surface area contributed by atoms with Crippen LogP contribution in [0.1, 0.15) is 26.2 Å². The molecule has 72 valence electrons. The Balaban J connectivity index is 2.81. The average Bonchev–Trinajstić information content (AvgIpc) is 2.52. The van der Waals surface area contributed by atoms with Crippen molar-refractivity contribution >= 4 is 11.9 Å². The number of amides is 1. The third-order valence-corrected chi connectivity index (χ3v) is 2.09. The molecule has 0 heterocycles. The van der Waals surface area contributed by atoms with Gasteiger partial charge in [0.2, 0.25) is 5.91 Å². The number of likely N-dealkylation sites (N-methyl/N-ethyl adjacent to an activating group) is 1. The normalized spacial score (nSPS) is 16.1. The van der Waals surface area contributed by atoms with Gasteiger partial charge < -0.3 is 10.4 Å². The Morgan fingerprint density at radius 3 is 2.54 bits per heavy atom.